The standard InChI is InChI=1S/C14H25N3O.2ClH/c1-9-6-12(8-17(9)13-4-5-13)16-14(18)10-2-3-11(15)7-10;;/h9-13H,2-8,15H2,1H3,(H,16,18);2*1H. The van der Waals surface area contributed by atoms with Crippen LogP contribution in [0.15, 0.2) is 0 Å². The van der Waals surface area contributed by atoms with Crippen molar-refractivity contribution in [2.45, 2.75) is 69.6 Å². The molecule has 118 valence electrons. The van der Waals surface area contributed by atoms with Gasteiger partial charge in [-0.05, 0) is 45.4 Å². The van der Waals surface area contributed by atoms with E-state index in [1.807, 2.05) is 0 Å². The Morgan fingerprint density at radius 2 is 1.85 bits per heavy atom. The van der Waals surface area contributed by atoms with Crippen molar-refractivity contribution >= 4 is 30.7 Å². The zero-order chi connectivity index (χ0) is 12.7. The SMILES string of the molecule is CC1CC(NC(=O)C2CCC(N)C2)CN1C1CC1.Cl.Cl. The molecule has 1 heterocycles. The van der Waals surface area contributed by atoms with Crippen LogP contribution < -0.4 is 11.1 Å². The molecule has 1 saturated heterocycles. The van der Waals surface area contributed by atoms with E-state index in [2.05, 4.69) is 17.1 Å². The number of nitrogens with zero attached hydrogens (tertiary/aromatic N) is 1. The fraction of sp³-hybridized carbons (Fsp3) is 0.929. The van der Waals surface area contributed by atoms with Crippen molar-refractivity contribution in [3.05, 3.63) is 0 Å². The summed E-state index contributed by atoms with van der Waals surface area (Å²) in [5.41, 5.74) is 5.87. The third kappa shape index (κ3) is 4.00. The van der Waals surface area contributed by atoms with Gasteiger partial charge in [-0.3, -0.25) is 9.69 Å². The lowest BCUT2D eigenvalue weighted by Crippen LogP contribution is -2.40. The highest BCUT2D eigenvalue weighted by Gasteiger charge is 2.39. The lowest BCUT2D eigenvalue weighted by molar-refractivity contribution is -0.125. The van der Waals surface area contributed by atoms with Crippen LogP contribution in [0.3, 0.4) is 0 Å². The van der Waals surface area contributed by atoms with Crippen LogP contribution >= 0.6 is 24.8 Å². The number of nitrogens with one attached hydrogen (secondary N) is 1. The zero-order valence-corrected chi connectivity index (χ0v) is 13.7. The number of halogens is 2. The van der Waals surface area contributed by atoms with Crippen LogP contribution in [0.5, 0.6) is 0 Å². The molecule has 0 aromatic rings. The summed E-state index contributed by atoms with van der Waals surface area (Å²) in [6.45, 7) is 3.34. The number of hydrogen-bond donors (Lipinski definition) is 2. The molecule has 4 unspecified atom stereocenters. The van der Waals surface area contributed by atoms with Gasteiger partial charge in [0.2, 0.25) is 5.91 Å². The molecule has 4 atom stereocenters. The fourth-order valence-corrected chi connectivity index (χ4v) is 3.65. The van der Waals surface area contributed by atoms with E-state index in [0.717, 1.165) is 38.3 Å². The summed E-state index contributed by atoms with van der Waals surface area (Å²) in [5.74, 6) is 0.420. The van der Waals surface area contributed by atoms with E-state index in [1.165, 1.54) is 12.8 Å². The molecule has 4 nitrogen and oxygen atoms in total. The maximum Gasteiger partial charge on any atom is 0.223 e. The quantitative estimate of drug-likeness (QED) is 0.831. The summed E-state index contributed by atoms with van der Waals surface area (Å²) < 4.78 is 0. The van der Waals surface area contributed by atoms with Crippen molar-refractivity contribution in [1.29, 1.82) is 0 Å². The van der Waals surface area contributed by atoms with Crippen LogP contribution in [-0.4, -0.2) is 41.5 Å². The highest BCUT2D eigenvalue weighted by molar-refractivity contribution is 5.85. The van der Waals surface area contributed by atoms with E-state index in [-0.39, 0.29) is 42.7 Å². The minimum absolute atomic E-state index is 0. The second-order valence-corrected chi connectivity index (χ2v) is 6.49. The van der Waals surface area contributed by atoms with Crippen molar-refractivity contribution in [2.75, 3.05) is 6.54 Å². The normalized spacial score (nSPS) is 37.1. The van der Waals surface area contributed by atoms with Crippen LogP contribution in [0.25, 0.3) is 0 Å². The van der Waals surface area contributed by atoms with Gasteiger partial charge < -0.3 is 11.1 Å². The molecule has 3 aliphatic rings. The summed E-state index contributed by atoms with van der Waals surface area (Å²) >= 11 is 0. The molecular formula is C14H27Cl2N3O. The Hall–Kier alpha value is -0.0300. The van der Waals surface area contributed by atoms with Gasteiger partial charge in [0.25, 0.3) is 0 Å². The van der Waals surface area contributed by atoms with Crippen molar-refractivity contribution in [3.63, 3.8) is 0 Å². The first-order valence-electron chi connectivity index (χ1n) is 7.45. The number of rotatable bonds is 3. The topological polar surface area (TPSA) is 58.4 Å². The first-order valence-corrected chi connectivity index (χ1v) is 7.45. The molecule has 6 heteroatoms. The molecule has 1 amide bonds. The maximum absolute atomic E-state index is 12.2. The molecule has 20 heavy (non-hydrogen) atoms. The van der Waals surface area contributed by atoms with Gasteiger partial charge in [-0.15, -0.1) is 24.8 Å². The molecule has 0 spiro atoms. The maximum atomic E-state index is 12.2. The Morgan fingerprint density at radius 3 is 2.40 bits per heavy atom. The molecule has 3 rings (SSSR count). The summed E-state index contributed by atoms with van der Waals surface area (Å²) in [4.78, 5) is 14.7. The number of likely N-dealkylation sites (tertiary alicyclic amines) is 1. The molecular weight excluding hydrogens is 297 g/mol. The lowest BCUT2D eigenvalue weighted by atomic mass is 10.1. The van der Waals surface area contributed by atoms with Gasteiger partial charge in [0.05, 0.1) is 0 Å². The second kappa shape index (κ2) is 7.30. The largest absolute Gasteiger partial charge is 0.352 e. The van der Waals surface area contributed by atoms with E-state index in [1.54, 1.807) is 0 Å². The molecule has 1 aliphatic heterocycles. The summed E-state index contributed by atoms with van der Waals surface area (Å²) in [5, 5.41) is 3.25. The lowest BCUT2D eigenvalue weighted by Gasteiger charge is -2.20. The van der Waals surface area contributed by atoms with Crippen LogP contribution in [0.2, 0.25) is 0 Å². The van der Waals surface area contributed by atoms with E-state index >= 15 is 0 Å². The van der Waals surface area contributed by atoms with E-state index < -0.39 is 0 Å². The number of hydrogen-bond acceptors (Lipinski definition) is 3. The summed E-state index contributed by atoms with van der Waals surface area (Å²) in [6.07, 6.45) is 6.67. The summed E-state index contributed by atoms with van der Waals surface area (Å²) in [6, 6.07) is 2.05. The number of carbonyl (C=O) groups is 1. The number of carbonyl (C=O) groups excluding carboxylic acids is 1. The molecule has 3 fully saturated rings. The van der Waals surface area contributed by atoms with E-state index in [4.69, 9.17) is 5.73 Å². The Labute approximate surface area is 134 Å². The van der Waals surface area contributed by atoms with Crippen molar-refractivity contribution in [1.82, 2.24) is 10.2 Å². The molecule has 0 radical (unpaired) electrons. The fourth-order valence-electron chi connectivity index (χ4n) is 3.65. The molecule has 0 aromatic carbocycles. The first kappa shape index (κ1) is 18.0. The van der Waals surface area contributed by atoms with Gasteiger partial charge in [0, 0.05) is 36.6 Å². The van der Waals surface area contributed by atoms with Gasteiger partial charge >= 0.3 is 0 Å². The average Bonchev–Trinajstić information content (AvgIpc) is 2.97. The average molecular weight is 324 g/mol. The predicted molar refractivity (Wildman–Crippen MR) is 85.6 cm³/mol. The molecule has 0 aromatic heterocycles. The van der Waals surface area contributed by atoms with Gasteiger partial charge in [-0.1, -0.05) is 0 Å². The minimum Gasteiger partial charge on any atom is -0.352 e. The Bertz CT molecular complexity index is 338. The van der Waals surface area contributed by atoms with Crippen LogP contribution in [0, 0.1) is 5.92 Å². The van der Waals surface area contributed by atoms with Crippen molar-refractivity contribution < 1.29 is 4.79 Å². The smallest absolute Gasteiger partial charge is 0.223 e. The molecule has 2 saturated carbocycles. The van der Waals surface area contributed by atoms with Crippen molar-refractivity contribution in [3.8, 4) is 0 Å². The molecule has 2 aliphatic carbocycles. The number of amides is 1. The zero-order valence-electron chi connectivity index (χ0n) is 12.1. The monoisotopic (exact) mass is 323 g/mol. The van der Waals surface area contributed by atoms with Crippen LogP contribution in [0.4, 0.5) is 0 Å². The first-order chi connectivity index (χ1) is 8.63. The third-order valence-electron chi connectivity index (χ3n) is 4.83. The highest BCUT2D eigenvalue weighted by Crippen LogP contribution is 2.33. The summed E-state index contributed by atoms with van der Waals surface area (Å²) in [7, 11) is 0. The van der Waals surface area contributed by atoms with Gasteiger partial charge in [-0.2, -0.15) is 0 Å². The van der Waals surface area contributed by atoms with Gasteiger partial charge in [0.15, 0.2) is 0 Å². The molecule has 3 N–H and O–H groups in total. The predicted octanol–water partition coefficient (Wildman–Crippen LogP) is 1.70. The highest BCUT2D eigenvalue weighted by atomic mass is 35.5. The van der Waals surface area contributed by atoms with Gasteiger partial charge in [-0.25, -0.2) is 0 Å². The van der Waals surface area contributed by atoms with Crippen molar-refractivity contribution in [2.24, 2.45) is 11.7 Å². The minimum atomic E-state index is 0. The third-order valence-corrected chi connectivity index (χ3v) is 4.83. The van der Waals surface area contributed by atoms with Gasteiger partial charge in [0.1, 0.15) is 0 Å². The van der Waals surface area contributed by atoms with E-state index in [9.17, 15) is 4.79 Å². The van der Waals surface area contributed by atoms with Crippen LogP contribution in [-0.2, 0) is 4.79 Å². The Kier molecular flexibility index (Phi) is 6.58. The second-order valence-electron chi connectivity index (χ2n) is 6.49. The van der Waals surface area contributed by atoms with E-state index in [0.29, 0.717) is 12.1 Å². The Balaban J connectivity index is 0.000001000. The molecule has 0 bridgehead atoms. The number of nitrogens with two attached hydrogens (primary N) is 1. The van der Waals surface area contributed by atoms with Crippen LogP contribution in [0.1, 0.15) is 45.4 Å². The Morgan fingerprint density at radius 1 is 1.15 bits per heavy atom.